The second-order valence-electron chi connectivity index (χ2n) is 6.52. The zero-order valence-electron chi connectivity index (χ0n) is 15.0. The lowest BCUT2D eigenvalue weighted by Crippen LogP contribution is -2.39. The first-order chi connectivity index (χ1) is 13.5. The van der Waals surface area contributed by atoms with Crippen molar-refractivity contribution in [2.24, 2.45) is 5.92 Å². The van der Waals surface area contributed by atoms with Crippen LogP contribution >= 0.6 is 23.2 Å². The normalized spacial score (nSPS) is 19.8. The molecule has 28 heavy (non-hydrogen) atoms. The number of nitrogens with one attached hydrogen (secondary N) is 2. The van der Waals surface area contributed by atoms with Gasteiger partial charge in [0.15, 0.2) is 0 Å². The van der Waals surface area contributed by atoms with Gasteiger partial charge >= 0.3 is 0 Å². The number of nitrogens with zero attached hydrogens (tertiary/aromatic N) is 1. The van der Waals surface area contributed by atoms with Crippen molar-refractivity contribution >= 4 is 29.1 Å². The molecule has 1 aliphatic rings. The molecule has 2 heterocycles. The number of pyridine rings is 1. The fourth-order valence-corrected chi connectivity index (χ4v) is 3.41. The first-order valence-corrected chi connectivity index (χ1v) is 9.60. The summed E-state index contributed by atoms with van der Waals surface area (Å²) in [6, 6.07) is 7.66. The highest BCUT2D eigenvalue weighted by Gasteiger charge is 2.27. The number of benzene rings is 1. The van der Waals surface area contributed by atoms with Crippen LogP contribution in [0, 0.1) is 11.7 Å². The molecule has 2 N–H and O–H groups in total. The first kappa shape index (κ1) is 20.8. The van der Waals surface area contributed by atoms with Crippen molar-refractivity contribution in [3.63, 3.8) is 0 Å². The van der Waals surface area contributed by atoms with Crippen LogP contribution in [0.1, 0.15) is 11.7 Å². The van der Waals surface area contributed by atoms with E-state index in [9.17, 15) is 14.0 Å². The average molecular weight is 428 g/mol. The summed E-state index contributed by atoms with van der Waals surface area (Å²) < 4.78 is 21.0. The molecule has 1 aromatic heterocycles. The fraction of sp³-hybridized carbons (Fsp3) is 0.368. The molecule has 1 fully saturated rings. The molecule has 150 valence electrons. The van der Waals surface area contributed by atoms with Crippen molar-refractivity contribution in [2.45, 2.75) is 12.6 Å². The van der Waals surface area contributed by atoms with Crippen LogP contribution in [-0.2, 0) is 16.1 Å². The molecule has 2 unspecified atom stereocenters. The molecule has 1 amide bonds. The van der Waals surface area contributed by atoms with Crippen molar-refractivity contribution in [2.75, 3.05) is 26.2 Å². The smallest absolute Gasteiger partial charge is 0.269 e. The molecule has 0 aliphatic carbocycles. The van der Waals surface area contributed by atoms with Crippen LogP contribution in [0.5, 0.6) is 0 Å². The third kappa shape index (κ3) is 5.11. The highest BCUT2D eigenvalue weighted by atomic mass is 35.5. The number of ether oxygens (including phenoxy) is 1. The molecule has 9 heteroatoms. The maximum absolute atomic E-state index is 13.9. The topological polar surface area (TPSA) is 72.4 Å². The Bertz CT molecular complexity index is 906. The monoisotopic (exact) mass is 427 g/mol. The Balaban J connectivity index is 1.67. The number of halogens is 3. The highest BCUT2D eigenvalue weighted by Crippen LogP contribution is 2.29. The molecule has 0 bridgehead atoms. The van der Waals surface area contributed by atoms with Crippen molar-refractivity contribution in [3.8, 4) is 0 Å². The number of hydrogen-bond acceptors (Lipinski definition) is 4. The maximum atomic E-state index is 13.9. The van der Waals surface area contributed by atoms with Crippen LogP contribution in [0.25, 0.3) is 0 Å². The van der Waals surface area contributed by atoms with Crippen LogP contribution in [0.15, 0.2) is 41.3 Å². The van der Waals surface area contributed by atoms with E-state index in [-0.39, 0.29) is 28.4 Å². The van der Waals surface area contributed by atoms with Crippen LogP contribution < -0.4 is 16.2 Å². The summed E-state index contributed by atoms with van der Waals surface area (Å²) in [5.41, 5.74) is 0.240. The summed E-state index contributed by atoms with van der Waals surface area (Å²) in [7, 11) is 0. The quantitative estimate of drug-likeness (QED) is 0.768. The molecule has 1 aliphatic heterocycles. The second-order valence-corrected chi connectivity index (χ2v) is 7.34. The summed E-state index contributed by atoms with van der Waals surface area (Å²) in [5, 5.41) is 6.17. The van der Waals surface area contributed by atoms with Gasteiger partial charge in [0.2, 0.25) is 5.91 Å². The number of carbonyl (C=O) groups excluding carboxylic acids is 1. The van der Waals surface area contributed by atoms with Gasteiger partial charge < -0.3 is 19.9 Å². The molecule has 0 radical (unpaired) electrons. The summed E-state index contributed by atoms with van der Waals surface area (Å²) in [4.78, 5) is 24.2. The minimum absolute atomic E-state index is 0.0484. The van der Waals surface area contributed by atoms with E-state index in [1.54, 1.807) is 12.1 Å². The predicted molar refractivity (Wildman–Crippen MR) is 105 cm³/mol. The molecular formula is C19H20Cl2FN3O3. The van der Waals surface area contributed by atoms with E-state index in [1.807, 2.05) is 0 Å². The molecule has 1 aromatic carbocycles. The summed E-state index contributed by atoms with van der Waals surface area (Å²) in [6.45, 7) is 1.88. The van der Waals surface area contributed by atoms with E-state index in [2.05, 4.69) is 10.6 Å². The molecule has 1 saturated heterocycles. The van der Waals surface area contributed by atoms with Crippen LogP contribution in [0.4, 0.5) is 4.39 Å². The lowest BCUT2D eigenvalue weighted by Gasteiger charge is -2.25. The second kappa shape index (κ2) is 9.52. The van der Waals surface area contributed by atoms with Crippen molar-refractivity contribution in [1.29, 1.82) is 0 Å². The molecule has 0 spiro atoms. The van der Waals surface area contributed by atoms with Gasteiger partial charge in [-0.05, 0) is 29.8 Å². The van der Waals surface area contributed by atoms with Crippen LogP contribution in [0.2, 0.25) is 10.0 Å². The van der Waals surface area contributed by atoms with Gasteiger partial charge in [0.1, 0.15) is 17.4 Å². The Kier molecular flexibility index (Phi) is 7.07. The lowest BCUT2D eigenvalue weighted by atomic mass is 9.95. The Morgan fingerprint density at radius 1 is 1.32 bits per heavy atom. The first-order valence-electron chi connectivity index (χ1n) is 8.84. The van der Waals surface area contributed by atoms with E-state index in [1.165, 1.54) is 29.0 Å². The number of rotatable bonds is 5. The minimum Gasteiger partial charge on any atom is -0.372 e. The van der Waals surface area contributed by atoms with Gasteiger partial charge in [-0.15, -0.1) is 0 Å². The van der Waals surface area contributed by atoms with Gasteiger partial charge in [0, 0.05) is 31.7 Å². The Morgan fingerprint density at radius 2 is 2.14 bits per heavy atom. The zero-order chi connectivity index (χ0) is 20.1. The maximum Gasteiger partial charge on any atom is 0.269 e. The van der Waals surface area contributed by atoms with E-state index in [0.29, 0.717) is 31.8 Å². The van der Waals surface area contributed by atoms with Crippen molar-refractivity contribution in [1.82, 2.24) is 15.2 Å². The Morgan fingerprint density at radius 3 is 2.93 bits per heavy atom. The number of carbonyl (C=O) groups is 1. The zero-order valence-corrected chi connectivity index (χ0v) is 16.5. The Labute approximate surface area is 171 Å². The number of amides is 1. The molecule has 6 nitrogen and oxygen atoms in total. The predicted octanol–water partition coefficient (Wildman–Crippen LogP) is 2.39. The highest BCUT2D eigenvalue weighted by molar-refractivity contribution is 6.30. The molecule has 2 atom stereocenters. The average Bonchev–Trinajstić information content (AvgIpc) is 2.91. The van der Waals surface area contributed by atoms with Gasteiger partial charge in [0.25, 0.3) is 5.56 Å². The minimum atomic E-state index is -0.511. The fourth-order valence-electron chi connectivity index (χ4n) is 3.11. The summed E-state index contributed by atoms with van der Waals surface area (Å²) in [6.07, 6.45) is 1.11. The van der Waals surface area contributed by atoms with Gasteiger partial charge in [-0.1, -0.05) is 29.3 Å². The standard InChI is InChI=1S/C19H20Cl2FN3O3/c20-14-4-3-12(8-16(14)22)18-13(9-23-5-7-28-18)10-24-17(26)11-25-6-1-2-15(21)19(25)27/h1-4,6,8,13,18,23H,5,7,9-11H2,(H,24,26). The summed E-state index contributed by atoms with van der Waals surface area (Å²) in [5.74, 6) is -0.958. The SMILES string of the molecule is O=C(Cn1cccc(Cl)c1=O)NCC1CNCCOC1c1ccc(Cl)c(F)c1. The van der Waals surface area contributed by atoms with Gasteiger partial charge in [-0.25, -0.2) is 4.39 Å². The van der Waals surface area contributed by atoms with Crippen LogP contribution in [-0.4, -0.2) is 36.7 Å². The molecular weight excluding hydrogens is 408 g/mol. The van der Waals surface area contributed by atoms with E-state index >= 15 is 0 Å². The third-order valence-corrected chi connectivity index (χ3v) is 5.13. The van der Waals surface area contributed by atoms with Gasteiger partial charge in [0.05, 0.1) is 17.7 Å². The van der Waals surface area contributed by atoms with Crippen molar-refractivity contribution < 1.29 is 13.9 Å². The van der Waals surface area contributed by atoms with E-state index in [0.717, 1.165) is 0 Å². The molecule has 2 aromatic rings. The number of hydrogen-bond donors (Lipinski definition) is 2. The van der Waals surface area contributed by atoms with Crippen molar-refractivity contribution in [3.05, 3.63) is 68.3 Å². The van der Waals surface area contributed by atoms with Gasteiger partial charge in [-0.3, -0.25) is 9.59 Å². The molecule has 0 saturated carbocycles. The van der Waals surface area contributed by atoms with E-state index in [4.69, 9.17) is 27.9 Å². The van der Waals surface area contributed by atoms with Gasteiger partial charge in [-0.2, -0.15) is 0 Å². The molecule has 3 rings (SSSR count). The number of aromatic nitrogens is 1. The third-order valence-electron chi connectivity index (χ3n) is 4.53. The van der Waals surface area contributed by atoms with E-state index < -0.39 is 17.5 Å². The lowest BCUT2D eigenvalue weighted by molar-refractivity contribution is -0.122. The van der Waals surface area contributed by atoms with Crippen LogP contribution in [0.3, 0.4) is 0 Å². The largest absolute Gasteiger partial charge is 0.372 e. The Hall–Kier alpha value is -1.93. The summed E-state index contributed by atoms with van der Waals surface area (Å²) >= 11 is 11.6.